The zero-order valence-electron chi connectivity index (χ0n) is 15.9. The Bertz CT molecular complexity index is 385. The summed E-state index contributed by atoms with van der Waals surface area (Å²) in [5.74, 6) is -1.26. The molecule has 0 aromatic rings. The van der Waals surface area contributed by atoms with Crippen LogP contribution in [0.2, 0.25) is 0 Å². The van der Waals surface area contributed by atoms with Crippen LogP contribution in [-0.4, -0.2) is 55.3 Å². The van der Waals surface area contributed by atoms with Crippen LogP contribution in [-0.2, 0) is 14.3 Å². The van der Waals surface area contributed by atoms with Gasteiger partial charge in [0.05, 0.1) is 27.6 Å². The highest BCUT2D eigenvalue weighted by atomic mass is 16.5. The summed E-state index contributed by atoms with van der Waals surface area (Å²) in [5, 5.41) is 8.93. The van der Waals surface area contributed by atoms with Crippen molar-refractivity contribution >= 4 is 11.9 Å². The first-order chi connectivity index (χ1) is 11.2. The molecular weight excluding hydrogens is 306 g/mol. The molecule has 1 atom stereocenters. The monoisotopic (exact) mass is 342 g/mol. The van der Waals surface area contributed by atoms with E-state index in [1.807, 2.05) is 27.2 Å². The molecule has 0 aliphatic carbocycles. The van der Waals surface area contributed by atoms with Gasteiger partial charge in [0.1, 0.15) is 6.54 Å². The molecule has 1 N–H and O–H groups in total. The lowest BCUT2D eigenvalue weighted by Crippen LogP contribution is -2.43. The lowest BCUT2D eigenvalue weighted by Gasteiger charge is -2.28. The molecule has 5 nitrogen and oxygen atoms in total. The molecule has 0 heterocycles. The van der Waals surface area contributed by atoms with E-state index in [1.54, 1.807) is 0 Å². The number of likely N-dealkylation sites (N-methyl/N-ethyl adjacent to an activating group) is 1. The van der Waals surface area contributed by atoms with Crippen LogP contribution in [0.15, 0.2) is 12.2 Å². The summed E-state index contributed by atoms with van der Waals surface area (Å²) >= 11 is 0. The van der Waals surface area contributed by atoms with Crippen LogP contribution in [0.25, 0.3) is 0 Å². The maximum absolute atomic E-state index is 11.9. The summed E-state index contributed by atoms with van der Waals surface area (Å²) in [6, 6.07) is 0. The molecule has 0 spiro atoms. The molecule has 0 fully saturated rings. The Labute approximate surface area is 147 Å². The van der Waals surface area contributed by atoms with Crippen molar-refractivity contribution in [1.29, 1.82) is 0 Å². The van der Waals surface area contributed by atoms with Gasteiger partial charge in [-0.15, -0.1) is 0 Å². The van der Waals surface area contributed by atoms with Crippen molar-refractivity contribution in [2.75, 3.05) is 27.7 Å². The molecule has 0 saturated carbocycles. The van der Waals surface area contributed by atoms with Crippen molar-refractivity contribution in [3.05, 3.63) is 12.2 Å². The highest BCUT2D eigenvalue weighted by Gasteiger charge is 2.24. The van der Waals surface area contributed by atoms with Crippen LogP contribution in [0.4, 0.5) is 0 Å². The van der Waals surface area contributed by atoms with E-state index in [2.05, 4.69) is 13.0 Å². The van der Waals surface area contributed by atoms with Crippen molar-refractivity contribution in [2.24, 2.45) is 0 Å². The Morgan fingerprint density at radius 2 is 1.67 bits per heavy atom. The number of unbranched alkanes of at least 4 members (excludes halogenated alkanes) is 5. The highest BCUT2D eigenvalue weighted by molar-refractivity contribution is 5.71. The smallest absolute Gasteiger partial charge is 0.307 e. The number of carboxylic acids is 1. The fourth-order valence-electron chi connectivity index (χ4n) is 2.50. The Morgan fingerprint density at radius 1 is 1.04 bits per heavy atom. The Morgan fingerprint density at radius 3 is 2.25 bits per heavy atom. The van der Waals surface area contributed by atoms with Gasteiger partial charge >= 0.3 is 11.9 Å². The van der Waals surface area contributed by atoms with Crippen LogP contribution in [0.3, 0.4) is 0 Å². The number of quaternary nitrogens is 1. The van der Waals surface area contributed by atoms with E-state index in [4.69, 9.17) is 9.84 Å². The second-order valence-corrected chi connectivity index (χ2v) is 7.40. The van der Waals surface area contributed by atoms with Gasteiger partial charge in [0.2, 0.25) is 0 Å². The second kappa shape index (κ2) is 13.0. The normalized spacial score (nSPS) is 13.2. The topological polar surface area (TPSA) is 63.6 Å². The number of nitrogens with zero attached hydrogens (tertiary/aromatic N) is 1. The predicted molar refractivity (Wildman–Crippen MR) is 96.8 cm³/mol. The van der Waals surface area contributed by atoms with E-state index in [1.165, 1.54) is 32.1 Å². The van der Waals surface area contributed by atoms with Crippen LogP contribution in [0, 0.1) is 0 Å². The molecule has 0 amide bonds. The van der Waals surface area contributed by atoms with Crippen LogP contribution in [0.1, 0.15) is 64.7 Å². The number of rotatable bonds is 14. The third-order valence-corrected chi connectivity index (χ3v) is 3.61. The van der Waals surface area contributed by atoms with Gasteiger partial charge in [-0.05, 0) is 19.3 Å². The first kappa shape index (κ1) is 22.6. The maximum Gasteiger partial charge on any atom is 0.307 e. The Balaban J connectivity index is 3.97. The molecule has 0 bridgehead atoms. The average Bonchev–Trinajstić information content (AvgIpc) is 2.42. The fraction of sp³-hybridized carbons (Fsp3) is 0.789. The lowest BCUT2D eigenvalue weighted by atomic mass is 10.1. The number of carboxylic acid groups (broad SMARTS) is 1. The van der Waals surface area contributed by atoms with E-state index >= 15 is 0 Å². The molecule has 140 valence electrons. The van der Waals surface area contributed by atoms with E-state index in [0.717, 1.165) is 6.42 Å². The molecule has 0 rings (SSSR count). The molecular formula is C19H36NO4+. The van der Waals surface area contributed by atoms with E-state index < -0.39 is 12.1 Å². The van der Waals surface area contributed by atoms with Gasteiger partial charge in [0, 0.05) is 6.42 Å². The fourth-order valence-corrected chi connectivity index (χ4v) is 2.50. The molecule has 1 unspecified atom stereocenters. The molecule has 0 radical (unpaired) electrons. The summed E-state index contributed by atoms with van der Waals surface area (Å²) in [5.41, 5.74) is 0. The minimum absolute atomic E-state index is 0.144. The highest BCUT2D eigenvalue weighted by Crippen LogP contribution is 2.09. The molecule has 0 aliphatic heterocycles. The standard InChI is InChI=1S/C19H35NO4/c1-5-6-7-8-9-10-11-12-13-14-19(23)24-17(15-18(21)22)16-20(2,3)4/h11-12,17H,5-10,13-16H2,1-4H3/p+1/b12-11+. The second-order valence-electron chi connectivity index (χ2n) is 7.40. The van der Waals surface area contributed by atoms with Gasteiger partial charge in [0.25, 0.3) is 0 Å². The van der Waals surface area contributed by atoms with Gasteiger partial charge in [-0.2, -0.15) is 0 Å². The van der Waals surface area contributed by atoms with Crippen LogP contribution < -0.4 is 0 Å². The quantitative estimate of drug-likeness (QED) is 0.226. The molecule has 24 heavy (non-hydrogen) atoms. The molecule has 5 heteroatoms. The van der Waals surface area contributed by atoms with Crippen molar-refractivity contribution < 1.29 is 23.9 Å². The number of esters is 1. The minimum Gasteiger partial charge on any atom is -0.481 e. The maximum atomic E-state index is 11.9. The zero-order chi connectivity index (χ0) is 18.4. The van der Waals surface area contributed by atoms with E-state index in [0.29, 0.717) is 23.9 Å². The number of hydrogen-bond donors (Lipinski definition) is 1. The molecule has 0 aliphatic rings. The SMILES string of the molecule is CCCCCCC/C=C/CCC(=O)OC(CC(=O)O)C[N+](C)(C)C. The number of carbonyl (C=O) groups excluding carboxylic acids is 1. The largest absolute Gasteiger partial charge is 0.481 e. The number of aliphatic carboxylic acids is 1. The first-order valence-electron chi connectivity index (χ1n) is 9.11. The van der Waals surface area contributed by atoms with Gasteiger partial charge in [-0.1, -0.05) is 44.8 Å². The lowest BCUT2D eigenvalue weighted by molar-refractivity contribution is -0.873. The van der Waals surface area contributed by atoms with Gasteiger partial charge in [-0.3, -0.25) is 9.59 Å². The van der Waals surface area contributed by atoms with Gasteiger partial charge in [0.15, 0.2) is 6.10 Å². The first-order valence-corrected chi connectivity index (χ1v) is 9.11. The zero-order valence-corrected chi connectivity index (χ0v) is 15.9. The number of ether oxygens (including phenoxy) is 1. The summed E-state index contributed by atoms with van der Waals surface area (Å²) in [4.78, 5) is 22.8. The van der Waals surface area contributed by atoms with Crippen molar-refractivity contribution in [3.8, 4) is 0 Å². The van der Waals surface area contributed by atoms with Gasteiger partial charge < -0.3 is 14.3 Å². The van der Waals surface area contributed by atoms with Crippen molar-refractivity contribution in [2.45, 2.75) is 70.8 Å². The third kappa shape index (κ3) is 15.5. The van der Waals surface area contributed by atoms with Crippen LogP contribution >= 0.6 is 0 Å². The molecule has 0 aromatic carbocycles. The molecule has 0 aromatic heterocycles. The van der Waals surface area contributed by atoms with E-state index in [9.17, 15) is 9.59 Å². The Kier molecular flexibility index (Phi) is 12.3. The summed E-state index contributed by atoms with van der Waals surface area (Å²) in [6.45, 7) is 2.70. The third-order valence-electron chi connectivity index (χ3n) is 3.61. The summed E-state index contributed by atoms with van der Waals surface area (Å²) in [6.07, 6.45) is 11.8. The summed E-state index contributed by atoms with van der Waals surface area (Å²) < 4.78 is 5.90. The predicted octanol–water partition coefficient (Wildman–Crippen LogP) is 3.78. The number of allylic oxidation sites excluding steroid dienone is 2. The number of hydrogen-bond acceptors (Lipinski definition) is 3. The van der Waals surface area contributed by atoms with Crippen molar-refractivity contribution in [1.82, 2.24) is 0 Å². The van der Waals surface area contributed by atoms with Crippen LogP contribution in [0.5, 0.6) is 0 Å². The molecule has 0 saturated heterocycles. The Hall–Kier alpha value is -1.36. The summed E-state index contributed by atoms with van der Waals surface area (Å²) in [7, 11) is 5.85. The van der Waals surface area contributed by atoms with Crippen molar-refractivity contribution in [3.63, 3.8) is 0 Å². The number of carbonyl (C=O) groups is 2. The van der Waals surface area contributed by atoms with Gasteiger partial charge in [-0.25, -0.2) is 0 Å². The van der Waals surface area contributed by atoms with E-state index in [-0.39, 0.29) is 12.4 Å². The average molecular weight is 343 g/mol. The minimum atomic E-state index is -0.941.